The van der Waals surface area contributed by atoms with Crippen LogP contribution in [0.4, 0.5) is 5.69 Å². The summed E-state index contributed by atoms with van der Waals surface area (Å²) in [5, 5.41) is 13.5. The van der Waals surface area contributed by atoms with Crippen molar-refractivity contribution in [3.05, 3.63) is 53.6 Å². The van der Waals surface area contributed by atoms with Gasteiger partial charge in [0.05, 0.1) is 13.2 Å². The second-order valence-electron chi connectivity index (χ2n) is 4.68. The van der Waals surface area contributed by atoms with Crippen LogP contribution >= 0.6 is 0 Å². The molecule has 2 aromatic rings. The van der Waals surface area contributed by atoms with Crippen LogP contribution in [-0.2, 0) is 17.9 Å². The molecule has 0 spiro atoms. The van der Waals surface area contributed by atoms with E-state index in [2.05, 4.69) is 5.32 Å². The minimum atomic E-state index is 0.194. The van der Waals surface area contributed by atoms with Crippen LogP contribution in [0.5, 0.6) is 11.5 Å². The molecule has 0 saturated heterocycles. The number of nitrogens with one attached hydrogen (secondary N) is 1. The van der Waals surface area contributed by atoms with E-state index in [-0.39, 0.29) is 5.75 Å². The van der Waals surface area contributed by atoms with E-state index in [0.29, 0.717) is 25.5 Å². The topological polar surface area (TPSA) is 50.7 Å². The summed E-state index contributed by atoms with van der Waals surface area (Å²) in [6, 6.07) is 13.5. The van der Waals surface area contributed by atoms with Crippen molar-refractivity contribution in [1.29, 1.82) is 0 Å². The molecule has 0 radical (unpaired) electrons. The Kier molecular flexibility index (Phi) is 5.46. The molecule has 0 fully saturated rings. The van der Waals surface area contributed by atoms with Crippen LogP contribution < -0.4 is 10.1 Å². The van der Waals surface area contributed by atoms with E-state index in [0.717, 1.165) is 16.8 Å². The van der Waals surface area contributed by atoms with Gasteiger partial charge < -0.3 is 19.9 Å². The number of phenolic OH excluding ortho intramolecular Hbond substituents is 1. The van der Waals surface area contributed by atoms with Crippen molar-refractivity contribution in [3.63, 3.8) is 0 Å². The zero-order valence-electron chi connectivity index (χ0n) is 12.4. The van der Waals surface area contributed by atoms with Gasteiger partial charge in [-0.1, -0.05) is 24.3 Å². The smallest absolute Gasteiger partial charge is 0.162 e. The Morgan fingerprint density at radius 1 is 1.14 bits per heavy atom. The van der Waals surface area contributed by atoms with Crippen LogP contribution in [-0.4, -0.2) is 18.8 Å². The second-order valence-corrected chi connectivity index (χ2v) is 4.68. The van der Waals surface area contributed by atoms with Crippen LogP contribution in [0.2, 0.25) is 0 Å². The van der Waals surface area contributed by atoms with Crippen LogP contribution in [0, 0.1) is 0 Å². The summed E-state index contributed by atoms with van der Waals surface area (Å²) < 4.78 is 10.5. The first-order valence-corrected chi connectivity index (χ1v) is 7.00. The van der Waals surface area contributed by atoms with E-state index in [1.165, 1.54) is 0 Å². The van der Waals surface area contributed by atoms with Gasteiger partial charge in [0, 0.05) is 24.9 Å². The molecular weight excluding hydrogens is 266 g/mol. The number of benzene rings is 2. The minimum absolute atomic E-state index is 0.194. The first kappa shape index (κ1) is 15.2. The van der Waals surface area contributed by atoms with Crippen LogP contribution in [0.25, 0.3) is 0 Å². The van der Waals surface area contributed by atoms with E-state index in [1.54, 1.807) is 13.2 Å². The summed E-state index contributed by atoms with van der Waals surface area (Å²) in [5.41, 5.74) is 2.90. The van der Waals surface area contributed by atoms with Gasteiger partial charge in [0.1, 0.15) is 0 Å². The number of anilines is 1. The van der Waals surface area contributed by atoms with Gasteiger partial charge in [0.25, 0.3) is 0 Å². The van der Waals surface area contributed by atoms with Gasteiger partial charge in [-0.05, 0) is 30.7 Å². The van der Waals surface area contributed by atoms with Crippen molar-refractivity contribution < 1.29 is 14.6 Å². The zero-order chi connectivity index (χ0) is 15.1. The van der Waals surface area contributed by atoms with Crippen molar-refractivity contribution in [3.8, 4) is 11.5 Å². The average Bonchev–Trinajstić information content (AvgIpc) is 2.49. The molecule has 112 valence electrons. The largest absolute Gasteiger partial charge is 0.504 e. The Bertz CT molecular complexity index is 584. The molecule has 0 atom stereocenters. The summed E-state index contributed by atoms with van der Waals surface area (Å²) in [6.45, 7) is 3.54. The molecule has 0 bridgehead atoms. The Hall–Kier alpha value is -2.20. The molecule has 0 aromatic heterocycles. The van der Waals surface area contributed by atoms with Crippen molar-refractivity contribution in [2.24, 2.45) is 0 Å². The number of para-hydroxylation sites is 1. The van der Waals surface area contributed by atoms with Gasteiger partial charge in [-0.25, -0.2) is 0 Å². The Morgan fingerprint density at radius 2 is 1.95 bits per heavy atom. The molecule has 4 heteroatoms. The highest BCUT2D eigenvalue weighted by atomic mass is 16.5. The SMILES string of the molecule is CCOc1cccc(CNc2cccc(COC)c2)c1O. The predicted molar refractivity (Wildman–Crippen MR) is 83.8 cm³/mol. The highest BCUT2D eigenvalue weighted by molar-refractivity contribution is 5.50. The van der Waals surface area contributed by atoms with Crippen LogP contribution in [0.1, 0.15) is 18.1 Å². The van der Waals surface area contributed by atoms with Crippen LogP contribution in [0.3, 0.4) is 0 Å². The molecule has 0 unspecified atom stereocenters. The first-order valence-electron chi connectivity index (χ1n) is 7.00. The number of methoxy groups -OCH3 is 1. The normalized spacial score (nSPS) is 10.4. The third-order valence-corrected chi connectivity index (χ3v) is 3.10. The number of aromatic hydroxyl groups is 1. The zero-order valence-corrected chi connectivity index (χ0v) is 12.4. The average molecular weight is 287 g/mol. The molecule has 4 nitrogen and oxygen atoms in total. The molecule has 0 aliphatic rings. The third kappa shape index (κ3) is 4.13. The Labute approximate surface area is 125 Å². The first-order chi connectivity index (χ1) is 10.2. The fraction of sp³-hybridized carbons (Fsp3) is 0.294. The molecule has 0 aliphatic carbocycles. The fourth-order valence-electron chi connectivity index (χ4n) is 2.12. The lowest BCUT2D eigenvalue weighted by atomic mass is 10.1. The molecular formula is C17H21NO3. The van der Waals surface area contributed by atoms with Crippen molar-refractivity contribution in [1.82, 2.24) is 0 Å². The highest BCUT2D eigenvalue weighted by Crippen LogP contribution is 2.30. The van der Waals surface area contributed by atoms with Crippen molar-refractivity contribution >= 4 is 5.69 Å². The van der Waals surface area contributed by atoms with E-state index in [4.69, 9.17) is 9.47 Å². The summed E-state index contributed by atoms with van der Waals surface area (Å²) in [6.07, 6.45) is 0. The van der Waals surface area contributed by atoms with E-state index < -0.39 is 0 Å². The number of phenols is 1. The minimum Gasteiger partial charge on any atom is -0.504 e. The maximum absolute atomic E-state index is 10.2. The summed E-state index contributed by atoms with van der Waals surface area (Å²) in [4.78, 5) is 0. The van der Waals surface area contributed by atoms with Crippen molar-refractivity contribution in [2.75, 3.05) is 19.0 Å². The lowest BCUT2D eigenvalue weighted by molar-refractivity contribution is 0.185. The third-order valence-electron chi connectivity index (χ3n) is 3.10. The number of rotatable bonds is 7. The van der Waals surface area contributed by atoms with Gasteiger partial charge in [-0.3, -0.25) is 0 Å². The molecule has 2 aromatic carbocycles. The number of hydrogen-bond donors (Lipinski definition) is 2. The van der Waals surface area contributed by atoms with E-state index in [9.17, 15) is 5.11 Å². The van der Waals surface area contributed by atoms with Gasteiger partial charge in [-0.15, -0.1) is 0 Å². The molecule has 2 rings (SSSR count). The van der Waals surface area contributed by atoms with Gasteiger partial charge in [0.15, 0.2) is 11.5 Å². The van der Waals surface area contributed by atoms with Crippen molar-refractivity contribution in [2.45, 2.75) is 20.1 Å². The molecule has 2 N–H and O–H groups in total. The number of hydrogen-bond acceptors (Lipinski definition) is 4. The molecule has 0 amide bonds. The molecule has 21 heavy (non-hydrogen) atoms. The predicted octanol–water partition coefficient (Wildman–Crippen LogP) is 3.55. The Morgan fingerprint density at radius 3 is 2.71 bits per heavy atom. The van der Waals surface area contributed by atoms with Gasteiger partial charge in [0.2, 0.25) is 0 Å². The van der Waals surface area contributed by atoms with E-state index in [1.807, 2.05) is 43.3 Å². The molecule has 0 heterocycles. The summed E-state index contributed by atoms with van der Waals surface area (Å²) in [5.74, 6) is 0.713. The molecule has 0 aliphatic heterocycles. The van der Waals surface area contributed by atoms with E-state index >= 15 is 0 Å². The lowest BCUT2D eigenvalue weighted by Crippen LogP contribution is -2.01. The summed E-state index contributed by atoms with van der Waals surface area (Å²) >= 11 is 0. The molecule has 0 saturated carbocycles. The Balaban J connectivity index is 2.06. The summed E-state index contributed by atoms with van der Waals surface area (Å²) in [7, 11) is 1.68. The highest BCUT2D eigenvalue weighted by Gasteiger charge is 2.07. The lowest BCUT2D eigenvalue weighted by Gasteiger charge is -2.12. The number of ether oxygens (including phenoxy) is 2. The maximum atomic E-state index is 10.2. The van der Waals surface area contributed by atoms with Gasteiger partial charge in [-0.2, -0.15) is 0 Å². The fourth-order valence-corrected chi connectivity index (χ4v) is 2.12. The van der Waals surface area contributed by atoms with Crippen LogP contribution in [0.15, 0.2) is 42.5 Å². The quantitative estimate of drug-likeness (QED) is 0.817. The van der Waals surface area contributed by atoms with Gasteiger partial charge >= 0.3 is 0 Å². The monoisotopic (exact) mass is 287 g/mol. The second kappa shape index (κ2) is 7.55. The standard InChI is InChI=1S/C17H21NO3/c1-3-21-16-9-5-7-14(17(16)19)11-18-15-8-4-6-13(10-15)12-20-2/h4-10,18-19H,3,11-12H2,1-2H3. The maximum Gasteiger partial charge on any atom is 0.162 e.